The van der Waals surface area contributed by atoms with Crippen molar-refractivity contribution in [1.82, 2.24) is 20.3 Å². The molecule has 1 aliphatic heterocycles. The first-order valence-corrected chi connectivity index (χ1v) is 7.04. The molecule has 0 atom stereocenters. The van der Waals surface area contributed by atoms with Crippen molar-refractivity contribution in [2.45, 2.75) is 0 Å². The van der Waals surface area contributed by atoms with E-state index in [4.69, 9.17) is 5.73 Å². The molecular formula is C14H17N7O. The number of aromatic nitrogens is 3. The van der Waals surface area contributed by atoms with Crippen molar-refractivity contribution >= 4 is 23.4 Å². The van der Waals surface area contributed by atoms with Crippen LogP contribution in [0.1, 0.15) is 10.5 Å². The fourth-order valence-corrected chi connectivity index (χ4v) is 2.21. The number of nitrogen functional groups attached to an aromatic ring is 1. The summed E-state index contributed by atoms with van der Waals surface area (Å²) >= 11 is 0. The molecule has 0 unspecified atom stereocenters. The largest absolute Gasteiger partial charge is 0.382 e. The van der Waals surface area contributed by atoms with E-state index >= 15 is 0 Å². The van der Waals surface area contributed by atoms with E-state index in [1.165, 1.54) is 0 Å². The summed E-state index contributed by atoms with van der Waals surface area (Å²) in [6.45, 7) is 3.39. The number of pyridine rings is 1. The van der Waals surface area contributed by atoms with Crippen LogP contribution in [0.4, 0.5) is 17.5 Å². The molecule has 0 radical (unpaired) electrons. The Labute approximate surface area is 127 Å². The number of hydrogen-bond acceptors (Lipinski definition) is 7. The molecule has 1 fully saturated rings. The Balaban J connectivity index is 1.81. The molecule has 1 aliphatic rings. The summed E-state index contributed by atoms with van der Waals surface area (Å²) in [6, 6.07) is 5.26. The molecule has 2 aromatic heterocycles. The van der Waals surface area contributed by atoms with Gasteiger partial charge in [-0.1, -0.05) is 6.07 Å². The van der Waals surface area contributed by atoms with Gasteiger partial charge in [0.1, 0.15) is 11.6 Å². The summed E-state index contributed by atoms with van der Waals surface area (Å²) in [5, 5.41) is 5.93. The average Bonchev–Trinajstić information content (AvgIpc) is 2.57. The lowest BCUT2D eigenvalue weighted by Crippen LogP contribution is -2.44. The highest BCUT2D eigenvalue weighted by atomic mass is 16.2. The first-order chi connectivity index (χ1) is 10.7. The number of nitrogens with two attached hydrogens (primary N) is 1. The van der Waals surface area contributed by atoms with Gasteiger partial charge in [0.05, 0.1) is 6.20 Å². The minimum absolute atomic E-state index is 0.104. The molecule has 0 saturated carbocycles. The Bertz CT molecular complexity index is 655. The molecule has 22 heavy (non-hydrogen) atoms. The van der Waals surface area contributed by atoms with Crippen molar-refractivity contribution in [3.63, 3.8) is 0 Å². The van der Waals surface area contributed by atoms with Crippen LogP contribution in [-0.2, 0) is 0 Å². The molecule has 3 rings (SSSR count). The van der Waals surface area contributed by atoms with E-state index in [1.807, 2.05) is 0 Å². The predicted octanol–water partition coefficient (Wildman–Crippen LogP) is 0.116. The van der Waals surface area contributed by atoms with E-state index in [2.05, 4.69) is 30.5 Å². The second-order valence-corrected chi connectivity index (χ2v) is 4.87. The molecule has 1 amide bonds. The Kier molecular flexibility index (Phi) is 4.10. The minimum Gasteiger partial charge on any atom is -0.382 e. The molecule has 114 valence electrons. The van der Waals surface area contributed by atoms with Crippen LogP contribution in [0, 0.1) is 0 Å². The van der Waals surface area contributed by atoms with Gasteiger partial charge in [-0.15, -0.1) is 0 Å². The number of carbonyl (C=O) groups excluding carboxylic acids is 1. The molecule has 1 saturated heterocycles. The minimum atomic E-state index is -0.416. The van der Waals surface area contributed by atoms with Gasteiger partial charge in [-0.05, 0) is 12.1 Å². The molecule has 0 aliphatic carbocycles. The zero-order chi connectivity index (χ0) is 15.4. The molecule has 8 heteroatoms. The predicted molar refractivity (Wildman–Crippen MR) is 83.7 cm³/mol. The highest BCUT2D eigenvalue weighted by Gasteiger charge is 2.18. The number of amides is 1. The number of piperazine rings is 1. The van der Waals surface area contributed by atoms with Crippen LogP contribution in [0.25, 0.3) is 0 Å². The van der Waals surface area contributed by atoms with Crippen molar-refractivity contribution in [2.24, 2.45) is 0 Å². The lowest BCUT2D eigenvalue weighted by molar-refractivity contribution is 0.102. The van der Waals surface area contributed by atoms with E-state index in [0.717, 1.165) is 26.2 Å². The number of nitrogens with one attached hydrogen (secondary N) is 2. The van der Waals surface area contributed by atoms with Crippen LogP contribution in [0.15, 0.2) is 30.6 Å². The van der Waals surface area contributed by atoms with Gasteiger partial charge in [-0.2, -0.15) is 0 Å². The van der Waals surface area contributed by atoms with Crippen LogP contribution < -0.4 is 21.3 Å². The summed E-state index contributed by atoms with van der Waals surface area (Å²) in [7, 11) is 0. The van der Waals surface area contributed by atoms with Crippen molar-refractivity contribution < 1.29 is 4.79 Å². The lowest BCUT2D eigenvalue weighted by atomic mass is 10.3. The highest BCUT2D eigenvalue weighted by molar-refractivity contribution is 6.05. The van der Waals surface area contributed by atoms with E-state index < -0.39 is 5.91 Å². The number of rotatable bonds is 3. The molecule has 4 N–H and O–H groups in total. The van der Waals surface area contributed by atoms with Crippen LogP contribution in [0.5, 0.6) is 0 Å². The van der Waals surface area contributed by atoms with Gasteiger partial charge >= 0.3 is 0 Å². The van der Waals surface area contributed by atoms with Crippen molar-refractivity contribution in [2.75, 3.05) is 42.1 Å². The first-order valence-electron chi connectivity index (χ1n) is 7.04. The third-order valence-electron chi connectivity index (χ3n) is 3.35. The van der Waals surface area contributed by atoms with Gasteiger partial charge in [0.15, 0.2) is 11.5 Å². The Morgan fingerprint density at radius 3 is 2.82 bits per heavy atom. The van der Waals surface area contributed by atoms with E-state index in [9.17, 15) is 4.79 Å². The number of hydrogen-bond donors (Lipinski definition) is 3. The zero-order valence-corrected chi connectivity index (χ0v) is 12.0. The molecule has 2 aromatic rings. The summed E-state index contributed by atoms with van der Waals surface area (Å²) in [5.74, 6) is 0.788. The summed E-state index contributed by atoms with van der Waals surface area (Å²) in [5.41, 5.74) is 5.90. The maximum atomic E-state index is 12.3. The fraction of sp³-hybridized carbons (Fsp3) is 0.286. The van der Waals surface area contributed by atoms with Crippen molar-refractivity contribution in [3.8, 4) is 0 Å². The van der Waals surface area contributed by atoms with Gasteiger partial charge in [0.2, 0.25) is 0 Å². The summed E-state index contributed by atoms with van der Waals surface area (Å²) < 4.78 is 0. The Morgan fingerprint density at radius 1 is 1.27 bits per heavy atom. The smallest absolute Gasteiger partial charge is 0.279 e. The number of anilines is 3. The van der Waals surface area contributed by atoms with Gasteiger partial charge in [-0.3, -0.25) is 4.79 Å². The molecule has 0 aromatic carbocycles. The third-order valence-corrected chi connectivity index (χ3v) is 3.35. The van der Waals surface area contributed by atoms with E-state index in [0.29, 0.717) is 11.6 Å². The second kappa shape index (κ2) is 6.35. The van der Waals surface area contributed by atoms with Crippen molar-refractivity contribution in [1.29, 1.82) is 0 Å². The quantitative estimate of drug-likeness (QED) is 0.738. The van der Waals surface area contributed by atoms with E-state index in [-0.39, 0.29) is 11.5 Å². The number of nitrogens with zero attached hydrogens (tertiary/aromatic N) is 4. The average molecular weight is 299 g/mol. The summed E-state index contributed by atoms with van der Waals surface area (Å²) in [6.07, 6.45) is 3.19. The topological polar surface area (TPSA) is 109 Å². The van der Waals surface area contributed by atoms with Crippen molar-refractivity contribution in [3.05, 3.63) is 36.3 Å². The molecule has 0 bridgehead atoms. The van der Waals surface area contributed by atoms with Gasteiger partial charge in [0.25, 0.3) is 5.91 Å². The molecule has 8 nitrogen and oxygen atoms in total. The Hall–Kier alpha value is -2.74. The normalized spacial score (nSPS) is 14.6. The third kappa shape index (κ3) is 3.12. The maximum absolute atomic E-state index is 12.3. The van der Waals surface area contributed by atoms with E-state index in [1.54, 1.807) is 30.6 Å². The fourth-order valence-electron chi connectivity index (χ4n) is 2.21. The van der Waals surface area contributed by atoms with Crippen LogP contribution >= 0.6 is 0 Å². The van der Waals surface area contributed by atoms with Crippen LogP contribution in [0.3, 0.4) is 0 Å². The van der Waals surface area contributed by atoms with Gasteiger partial charge in [-0.25, -0.2) is 15.0 Å². The zero-order valence-electron chi connectivity index (χ0n) is 12.0. The molecule has 3 heterocycles. The molecular weight excluding hydrogens is 282 g/mol. The Morgan fingerprint density at radius 2 is 2.09 bits per heavy atom. The lowest BCUT2D eigenvalue weighted by Gasteiger charge is -2.28. The van der Waals surface area contributed by atoms with Gasteiger partial charge in [0, 0.05) is 32.4 Å². The van der Waals surface area contributed by atoms with Crippen LogP contribution in [-0.4, -0.2) is 47.0 Å². The highest BCUT2D eigenvalue weighted by Crippen LogP contribution is 2.15. The number of carbonyl (C=O) groups is 1. The van der Waals surface area contributed by atoms with Crippen LogP contribution in [0.2, 0.25) is 0 Å². The maximum Gasteiger partial charge on any atom is 0.279 e. The standard InChI is InChI=1S/C14H17N7O/c15-13-12(14(22)19-10-3-1-2-4-17-10)20-11(9-18-13)21-7-5-16-6-8-21/h1-4,9,16H,5-8H2,(H2,15,18)(H,17,19,22). The second-order valence-electron chi connectivity index (χ2n) is 4.87. The SMILES string of the molecule is Nc1ncc(N2CCNCC2)nc1C(=O)Nc1ccccn1. The monoisotopic (exact) mass is 299 g/mol. The van der Waals surface area contributed by atoms with Gasteiger partial charge < -0.3 is 21.3 Å². The summed E-state index contributed by atoms with van der Waals surface area (Å²) in [4.78, 5) is 26.9. The first kappa shape index (κ1) is 14.2. The molecule has 0 spiro atoms.